The number of carbonyl (C=O) groups excluding carboxylic acids is 1. The third-order valence-electron chi connectivity index (χ3n) is 3.98. The predicted molar refractivity (Wildman–Crippen MR) is 74.0 cm³/mol. The second-order valence-corrected chi connectivity index (χ2v) is 5.33. The number of carboxylic acids is 1. The van der Waals surface area contributed by atoms with Crippen molar-refractivity contribution in [3.8, 4) is 0 Å². The van der Waals surface area contributed by atoms with Crippen molar-refractivity contribution in [1.82, 2.24) is 19.4 Å². The normalized spacial score (nSPS) is 17.4. The SMILES string of the molecule is Cc1ccc(C(=O)N2Cc3[nH]cnc3CC2C(=O)O)n1C(F)F. The summed E-state index contributed by atoms with van der Waals surface area (Å²) in [5, 5.41) is 9.36. The van der Waals surface area contributed by atoms with E-state index in [1.165, 1.54) is 25.4 Å². The maximum Gasteiger partial charge on any atom is 0.326 e. The Labute approximate surface area is 129 Å². The molecule has 2 aromatic heterocycles. The van der Waals surface area contributed by atoms with E-state index < -0.39 is 24.5 Å². The smallest absolute Gasteiger partial charge is 0.326 e. The Hall–Kier alpha value is -2.71. The molecule has 7 nitrogen and oxygen atoms in total. The largest absolute Gasteiger partial charge is 0.480 e. The first-order valence-electron chi connectivity index (χ1n) is 6.91. The molecule has 0 spiro atoms. The van der Waals surface area contributed by atoms with Crippen LogP contribution in [0.25, 0.3) is 0 Å². The van der Waals surface area contributed by atoms with Crippen LogP contribution in [0, 0.1) is 6.92 Å². The first-order valence-corrected chi connectivity index (χ1v) is 6.91. The number of halogens is 2. The number of H-pyrrole nitrogens is 1. The van der Waals surface area contributed by atoms with Gasteiger partial charge in [0.25, 0.3) is 5.91 Å². The first-order chi connectivity index (χ1) is 10.9. The fourth-order valence-corrected chi connectivity index (χ4v) is 2.80. The number of nitrogens with one attached hydrogen (secondary N) is 1. The summed E-state index contributed by atoms with van der Waals surface area (Å²) >= 11 is 0. The lowest BCUT2D eigenvalue weighted by molar-refractivity contribution is -0.142. The van der Waals surface area contributed by atoms with Gasteiger partial charge < -0.3 is 15.0 Å². The van der Waals surface area contributed by atoms with Crippen LogP contribution in [-0.2, 0) is 17.8 Å². The number of aromatic amines is 1. The fraction of sp³-hybridized carbons (Fsp3) is 0.357. The van der Waals surface area contributed by atoms with Gasteiger partial charge in [0.05, 0.1) is 24.3 Å². The molecule has 0 fully saturated rings. The molecule has 0 aromatic carbocycles. The summed E-state index contributed by atoms with van der Waals surface area (Å²) < 4.78 is 26.9. The summed E-state index contributed by atoms with van der Waals surface area (Å²) in [7, 11) is 0. The maximum absolute atomic E-state index is 13.2. The van der Waals surface area contributed by atoms with Gasteiger partial charge in [0.1, 0.15) is 11.7 Å². The van der Waals surface area contributed by atoms with Gasteiger partial charge in [-0.1, -0.05) is 0 Å². The third kappa shape index (κ3) is 2.47. The number of rotatable bonds is 3. The van der Waals surface area contributed by atoms with Crippen molar-refractivity contribution in [3.05, 3.63) is 41.2 Å². The molecule has 3 heterocycles. The monoisotopic (exact) mass is 324 g/mol. The van der Waals surface area contributed by atoms with Gasteiger partial charge >= 0.3 is 12.5 Å². The minimum atomic E-state index is -2.88. The summed E-state index contributed by atoms with van der Waals surface area (Å²) in [4.78, 5) is 32.1. The van der Waals surface area contributed by atoms with Crippen LogP contribution in [0.4, 0.5) is 8.78 Å². The zero-order valence-corrected chi connectivity index (χ0v) is 12.2. The molecular weight excluding hydrogens is 310 g/mol. The molecule has 1 aliphatic heterocycles. The lowest BCUT2D eigenvalue weighted by Gasteiger charge is -2.32. The van der Waals surface area contributed by atoms with Crippen molar-refractivity contribution >= 4 is 11.9 Å². The van der Waals surface area contributed by atoms with Crippen molar-refractivity contribution in [2.24, 2.45) is 0 Å². The van der Waals surface area contributed by atoms with Crippen molar-refractivity contribution in [2.45, 2.75) is 32.5 Å². The van der Waals surface area contributed by atoms with E-state index in [1.807, 2.05) is 0 Å². The first kappa shape index (κ1) is 15.2. The average Bonchev–Trinajstić information content (AvgIpc) is 3.10. The predicted octanol–water partition coefficient (Wildman–Crippen LogP) is 1.57. The molecule has 1 aliphatic rings. The molecule has 1 atom stereocenters. The molecule has 1 unspecified atom stereocenters. The molecule has 2 aromatic rings. The van der Waals surface area contributed by atoms with Gasteiger partial charge in [0.2, 0.25) is 0 Å². The highest BCUT2D eigenvalue weighted by molar-refractivity contribution is 5.96. The number of aryl methyl sites for hydroxylation is 1. The number of carbonyl (C=O) groups is 2. The molecule has 0 radical (unpaired) electrons. The maximum atomic E-state index is 13.2. The number of amides is 1. The van der Waals surface area contributed by atoms with Gasteiger partial charge in [-0.3, -0.25) is 9.36 Å². The van der Waals surface area contributed by atoms with E-state index in [1.54, 1.807) is 0 Å². The third-order valence-corrected chi connectivity index (χ3v) is 3.98. The van der Waals surface area contributed by atoms with Crippen LogP contribution in [0.15, 0.2) is 18.5 Å². The standard InChI is InChI=1S/C14H14F2N4O3/c1-7-2-3-10(20(7)14(15)16)12(21)19-5-9-8(17-6-18-9)4-11(19)13(22)23/h2-3,6,11,14H,4-5H2,1H3,(H,17,18)(H,22,23). The topological polar surface area (TPSA) is 91.2 Å². The summed E-state index contributed by atoms with van der Waals surface area (Å²) in [5.41, 5.74) is 1.19. The molecule has 0 aliphatic carbocycles. The van der Waals surface area contributed by atoms with E-state index in [-0.39, 0.29) is 24.4 Å². The van der Waals surface area contributed by atoms with Crippen LogP contribution in [0.2, 0.25) is 0 Å². The van der Waals surface area contributed by atoms with Crippen LogP contribution < -0.4 is 0 Å². The van der Waals surface area contributed by atoms with Crippen LogP contribution >= 0.6 is 0 Å². The van der Waals surface area contributed by atoms with Gasteiger partial charge in [0, 0.05) is 12.1 Å². The summed E-state index contributed by atoms with van der Waals surface area (Å²) in [5.74, 6) is -1.94. The molecule has 23 heavy (non-hydrogen) atoms. The zero-order chi connectivity index (χ0) is 16.7. The molecular formula is C14H14F2N4O3. The van der Waals surface area contributed by atoms with Crippen molar-refractivity contribution in [1.29, 1.82) is 0 Å². The van der Waals surface area contributed by atoms with Crippen LogP contribution in [0.3, 0.4) is 0 Å². The number of fused-ring (bicyclic) bond motifs is 1. The van der Waals surface area contributed by atoms with Crippen LogP contribution in [0.1, 0.15) is 34.1 Å². The number of imidazole rings is 1. The highest BCUT2D eigenvalue weighted by Crippen LogP contribution is 2.25. The molecule has 9 heteroatoms. The lowest BCUT2D eigenvalue weighted by Crippen LogP contribution is -2.49. The highest BCUT2D eigenvalue weighted by Gasteiger charge is 2.37. The number of hydrogen-bond donors (Lipinski definition) is 2. The van der Waals surface area contributed by atoms with Gasteiger partial charge in [0.15, 0.2) is 0 Å². The van der Waals surface area contributed by atoms with Gasteiger partial charge in [-0.2, -0.15) is 8.78 Å². The van der Waals surface area contributed by atoms with Gasteiger partial charge in [-0.15, -0.1) is 0 Å². The Bertz CT molecular complexity index is 768. The van der Waals surface area contributed by atoms with E-state index in [0.717, 1.165) is 4.90 Å². The Balaban J connectivity index is 1.99. The Kier molecular flexibility index (Phi) is 3.63. The number of hydrogen-bond acceptors (Lipinski definition) is 3. The zero-order valence-electron chi connectivity index (χ0n) is 12.2. The quantitative estimate of drug-likeness (QED) is 0.896. The molecule has 122 valence electrons. The van der Waals surface area contributed by atoms with Crippen molar-refractivity contribution < 1.29 is 23.5 Å². The lowest BCUT2D eigenvalue weighted by atomic mass is 10.0. The molecule has 0 saturated carbocycles. The van der Waals surface area contributed by atoms with E-state index >= 15 is 0 Å². The van der Waals surface area contributed by atoms with Crippen molar-refractivity contribution in [3.63, 3.8) is 0 Å². The second kappa shape index (κ2) is 5.49. The van der Waals surface area contributed by atoms with E-state index in [4.69, 9.17) is 0 Å². The second-order valence-electron chi connectivity index (χ2n) is 5.33. The Morgan fingerprint density at radius 2 is 2.17 bits per heavy atom. The molecule has 1 amide bonds. The fourth-order valence-electron chi connectivity index (χ4n) is 2.80. The van der Waals surface area contributed by atoms with E-state index in [0.29, 0.717) is 16.0 Å². The van der Waals surface area contributed by atoms with Crippen LogP contribution in [-0.4, -0.2) is 42.5 Å². The molecule has 2 N–H and O–H groups in total. The number of nitrogens with zero attached hydrogens (tertiary/aromatic N) is 3. The summed E-state index contributed by atoms with van der Waals surface area (Å²) in [6.07, 6.45) is 1.46. The number of aromatic nitrogens is 3. The minimum Gasteiger partial charge on any atom is -0.480 e. The highest BCUT2D eigenvalue weighted by atomic mass is 19.3. The molecule has 0 bridgehead atoms. The van der Waals surface area contributed by atoms with Gasteiger partial charge in [-0.25, -0.2) is 9.78 Å². The molecule has 3 rings (SSSR count). The summed E-state index contributed by atoms with van der Waals surface area (Å²) in [6, 6.07) is 1.55. The van der Waals surface area contributed by atoms with Gasteiger partial charge in [-0.05, 0) is 19.1 Å². The minimum absolute atomic E-state index is 0.0153. The number of alkyl halides is 2. The van der Waals surface area contributed by atoms with E-state index in [9.17, 15) is 23.5 Å². The van der Waals surface area contributed by atoms with Crippen LogP contribution in [0.5, 0.6) is 0 Å². The Morgan fingerprint density at radius 1 is 1.43 bits per heavy atom. The number of carboxylic acid groups (broad SMARTS) is 1. The average molecular weight is 324 g/mol. The number of aliphatic carboxylic acids is 1. The van der Waals surface area contributed by atoms with Crippen molar-refractivity contribution in [2.75, 3.05) is 0 Å². The molecule has 0 saturated heterocycles. The summed E-state index contributed by atoms with van der Waals surface area (Å²) in [6.45, 7) is -1.43. The Morgan fingerprint density at radius 3 is 2.83 bits per heavy atom. The van der Waals surface area contributed by atoms with E-state index in [2.05, 4.69) is 9.97 Å².